The maximum atomic E-state index is 5.46. The minimum absolute atomic E-state index is 0.429. The smallest absolute Gasteiger partial charge is 0.133 e. The van der Waals surface area contributed by atoms with Crippen molar-refractivity contribution in [2.45, 2.75) is 18.9 Å². The Kier molecular flexibility index (Phi) is 4.32. The predicted octanol–water partition coefficient (Wildman–Crippen LogP) is 4.23. The van der Waals surface area contributed by atoms with Crippen LogP contribution in [0.4, 0.5) is 0 Å². The molecule has 21 heavy (non-hydrogen) atoms. The number of benzene rings is 2. The average molecular weight is 346 g/mol. The van der Waals surface area contributed by atoms with Crippen LogP contribution < -0.4 is 4.74 Å². The molecule has 0 bridgehead atoms. The van der Waals surface area contributed by atoms with Crippen LogP contribution in [0.15, 0.2) is 46.9 Å². The molecule has 1 unspecified atom stereocenters. The molecule has 0 saturated carbocycles. The monoisotopic (exact) mass is 345 g/mol. The van der Waals surface area contributed by atoms with Crippen LogP contribution in [0, 0.1) is 0 Å². The molecule has 3 rings (SSSR count). The second kappa shape index (κ2) is 6.20. The lowest BCUT2D eigenvalue weighted by Crippen LogP contribution is -2.26. The van der Waals surface area contributed by atoms with E-state index in [4.69, 9.17) is 4.74 Å². The van der Waals surface area contributed by atoms with Gasteiger partial charge < -0.3 is 4.74 Å². The Hall–Kier alpha value is -1.32. The molecule has 1 aliphatic rings. The molecule has 0 N–H and O–H groups in total. The fourth-order valence-corrected chi connectivity index (χ4v) is 3.63. The number of ether oxygens (including phenoxy) is 1. The average Bonchev–Trinajstić information content (AvgIpc) is 2.67. The summed E-state index contributed by atoms with van der Waals surface area (Å²) in [5, 5.41) is 0. The number of rotatable bonds is 2. The Bertz CT molecular complexity index is 627. The number of halogens is 1. The summed E-state index contributed by atoms with van der Waals surface area (Å²) in [5.41, 5.74) is 4.20. The van der Waals surface area contributed by atoms with E-state index in [-0.39, 0.29) is 0 Å². The first kappa shape index (κ1) is 14.6. The van der Waals surface area contributed by atoms with Crippen molar-refractivity contribution in [2.24, 2.45) is 0 Å². The molecule has 0 aliphatic carbocycles. The van der Waals surface area contributed by atoms with Crippen molar-refractivity contribution in [3.8, 4) is 5.75 Å². The van der Waals surface area contributed by atoms with Crippen molar-refractivity contribution in [2.75, 3.05) is 20.7 Å². The van der Waals surface area contributed by atoms with Gasteiger partial charge in [0.1, 0.15) is 5.75 Å². The van der Waals surface area contributed by atoms with Crippen molar-refractivity contribution in [1.29, 1.82) is 0 Å². The third-order valence-corrected chi connectivity index (χ3v) is 4.96. The summed E-state index contributed by atoms with van der Waals surface area (Å²) in [6, 6.07) is 15.6. The Morgan fingerprint density at radius 2 is 1.90 bits per heavy atom. The van der Waals surface area contributed by atoms with Crippen molar-refractivity contribution in [3.63, 3.8) is 0 Å². The minimum Gasteiger partial charge on any atom is -0.496 e. The summed E-state index contributed by atoms with van der Waals surface area (Å²) >= 11 is 3.60. The van der Waals surface area contributed by atoms with Gasteiger partial charge in [-0.25, -0.2) is 0 Å². The van der Waals surface area contributed by atoms with Gasteiger partial charge in [-0.2, -0.15) is 0 Å². The van der Waals surface area contributed by atoms with Crippen LogP contribution in [0.1, 0.15) is 22.7 Å². The molecule has 0 aromatic heterocycles. The van der Waals surface area contributed by atoms with E-state index in [1.807, 2.05) is 0 Å². The molecule has 1 heterocycles. The van der Waals surface area contributed by atoms with Gasteiger partial charge in [-0.15, -0.1) is 0 Å². The third kappa shape index (κ3) is 2.99. The SMILES string of the molecule is COc1cc2c(cc1Br)CCN(C)C(c1ccccc1)C2. The fourth-order valence-electron chi connectivity index (χ4n) is 3.08. The van der Waals surface area contributed by atoms with Gasteiger partial charge in [0, 0.05) is 12.6 Å². The van der Waals surface area contributed by atoms with Gasteiger partial charge in [-0.3, -0.25) is 4.90 Å². The van der Waals surface area contributed by atoms with Gasteiger partial charge in [0.25, 0.3) is 0 Å². The van der Waals surface area contributed by atoms with E-state index < -0.39 is 0 Å². The Morgan fingerprint density at radius 1 is 1.14 bits per heavy atom. The Morgan fingerprint density at radius 3 is 2.62 bits per heavy atom. The van der Waals surface area contributed by atoms with Crippen LogP contribution in [0.3, 0.4) is 0 Å². The summed E-state index contributed by atoms with van der Waals surface area (Å²) < 4.78 is 6.51. The molecule has 0 saturated heterocycles. The van der Waals surface area contributed by atoms with Crippen LogP contribution in [0.5, 0.6) is 5.75 Å². The maximum Gasteiger partial charge on any atom is 0.133 e. The summed E-state index contributed by atoms with van der Waals surface area (Å²) in [6.45, 7) is 1.07. The van der Waals surface area contributed by atoms with Crippen LogP contribution in [0.25, 0.3) is 0 Å². The van der Waals surface area contributed by atoms with E-state index in [1.165, 1.54) is 16.7 Å². The summed E-state index contributed by atoms with van der Waals surface area (Å²) in [4.78, 5) is 2.45. The van der Waals surface area contributed by atoms with Crippen LogP contribution in [-0.2, 0) is 12.8 Å². The predicted molar refractivity (Wildman–Crippen MR) is 89.9 cm³/mol. The number of nitrogens with zero attached hydrogens (tertiary/aromatic N) is 1. The molecular weight excluding hydrogens is 326 g/mol. The van der Waals surface area contributed by atoms with Crippen molar-refractivity contribution in [1.82, 2.24) is 4.90 Å². The van der Waals surface area contributed by atoms with E-state index >= 15 is 0 Å². The van der Waals surface area contributed by atoms with Gasteiger partial charge in [0.05, 0.1) is 11.6 Å². The third-order valence-electron chi connectivity index (χ3n) is 4.34. The van der Waals surface area contributed by atoms with E-state index in [1.54, 1.807) is 7.11 Å². The van der Waals surface area contributed by atoms with Crippen molar-refractivity contribution >= 4 is 15.9 Å². The first-order chi connectivity index (χ1) is 10.2. The highest BCUT2D eigenvalue weighted by Crippen LogP contribution is 2.34. The number of hydrogen-bond acceptors (Lipinski definition) is 2. The van der Waals surface area contributed by atoms with Gasteiger partial charge >= 0.3 is 0 Å². The zero-order valence-corrected chi connectivity index (χ0v) is 14.1. The van der Waals surface area contributed by atoms with Gasteiger partial charge in [-0.1, -0.05) is 30.3 Å². The van der Waals surface area contributed by atoms with E-state index in [9.17, 15) is 0 Å². The highest BCUT2D eigenvalue weighted by Gasteiger charge is 2.23. The number of hydrogen-bond donors (Lipinski definition) is 0. The van der Waals surface area contributed by atoms with Gasteiger partial charge in [0.2, 0.25) is 0 Å². The summed E-state index contributed by atoms with van der Waals surface area (Å²) in [6.07, 6.45) is 2.11. The molecule has 2 aromatic carbocycles. The molecule has 110 valence electrons. The largest absolute Gasteiger partial charge is 0.496 e. The lowest BCUT2D eigenvalue weighted by atomic mass is 9.96. The quantitative estimate of drug-likeness (QED) is 0.807. The first-order valence-electron chi connectivity index (χ1n) is 7.29. The molecular formula is C18H20BrNO. The molecule has 0 spiro atoms. The maximum absolute atomic E-state index is 5.46. The topological polar surface area (TPSA) is 12.5 Å². The van der Waals surface area contributed by atoms with Crippen LogP contribution >= 0.6 is 15.9 Å². The van der Waals surface area contributed by atoms with E-state index in [2.05, 4.69) is 70.3 Å². The Balaban J connectivity index is 1.99. The van der Waals surface area contributed by atoms with E-state index in [0.29, 0.717) is 6.04 Å². The molecule has 1 atom stereocenters. The zero-order chi connectivity index (χ0) is 14.8. The molecule has 0 amide bonds. The molecule has 0 fully saturated rings. The first-order valence-corrected chi connectivity index (χ1v) is 8.09. The lowest BCUT2D eigenvalue weighted by molar-refractivity contribution is 0.254. The normalized spacial score (nSPS) is 18.9. The van der Waals surface area contributed by atoms with Gasteiger partial charge in [0.15, 0.2) is 0 Å². The number of methoxy groups -OCH3 is 1. The molecule has 2 aromatic rings. The zero-order valence-electron chi connectivity index (χ0n) is 12.5. The van der Waals surface area contributed by atoms with Crippen molar-refractivity contribution in [3.05, 3.63) is 63.6 Å². The summed E-state index contributed by atoms with van der Waals surface area (Å²) in [7, 11) is 3.94. The highest BCUT2D eigenvalue weighted by atomic mass is 79.9. The summed E-state index contributed by atoms with van der Waals surface area (Å²) in [5.74, 6) is 0.921. The Labute approximate surface area is 134 Å². The minimum atomic E-state index is 0.429. The fraction of sp³-hybridized carbons (Fsp3) is 0.333. The molecule has 1 aliphatic heterocycles. The van der Waals surface area contributed by atoms with E-state index in [0.717, 1.165) is 29.6 Å². The molecule has 2 nitrogen and oxygen atoms in total. The van der Waals surface area contributed by atoms with Crippen LogP contribution in [0.2, 0.25) is 0 Å². The number of fused-ring (bicyclic) bond motifs is 1. The van der Waals surface area contributed by atoms with Crippen LogP contribution in [-0.4, -0.2) is 25.6 Å². The lowest BCUT2D eigenvalue weighted by Gasteiger charge is -2.26. The standard InChI is InChI=1S/C18H20BrNO/c1-20-9-8-14-10-16(19)18(21-2)12-15(14)11-17(20)13-6-4-3-5-7-13/h3-7,10,12,17H,8-9,11H2,1-2H3. The van der Waals surface area contributed by atoms with Crippen molar-refractivity contribution < 1.29 is 4.74 Å². The highest BCUT2D eigenvalue weighted by molar-refractivity contribution is 9.10. The van der Waals surface area contributed by atoms with Gasteiger partial charge in [-0.05, 0) is 64.6 Å². The molecule has 3 heteroatoms. The molecule has 0 radical (unpaired) electrons. The number of likely N-dealkylation sites (N-methyl/N-ethyl adjacent to an activating group) is 1. The second-order valence-electron chi connectivity index (χ2n) is 5.62. The second-order valence-corrected chi connectivity index (χ2v) is 6.47.